The molecule has 0 heterocycles. The lowest BCUT2D eigenvalue weighted by molar-refractivity contribution is 0.479. The number of rotatable bonds is 2. The van der Waals surface area contributed by atoms with E-state index in [0.29, 0.717) is 5.02 Å². The molecule has 0 aliphatic heterocycles. The Kier molecular flexibility index (Phi) is 2.93. The molecule has 0 saturated carbocycles. The van der Waals surface area contributed by atoms with E-state index in [0.717, 1.165) is 17.1 Å². The van der Waals surface area contributed by atoms with E-state index in [9.17, 15) is 0 Å². The number of aryl methyl sites for hydroxylation is 1. The van der Waals surface area contributed by atoms with Gasteiger partial charge in [-0.1, -0.05) is 23.7 Å². The topological polar surface area (TPSA) is 9.23 Å². The van der Waals surface area contributed by atoms with Crippen molar-refractivity contribution in [2.24, 2.45) is 0 Å². The highest BCUT2D eigenvalue weighted by molar-refractivity contribution is 6.30. The molecular formula is C13H10ClO. The summed E-state index contributed by atoms with van der Waals surface area (Å²) < 4.78 is 5.69. The van der Waals surface area contributed by atoms with Gasteiger partial charge in [-0.2, -0.15) is 0 Å². The van der Waals surface area contributed by atoms with Crippen LogP contribution >= 0.6 is 11.6 Å². The molecule has 0 unspecified atom stereocenters. The third-order valence-electron chi connectivity index (χ3n) is 2.04. The van der Waals surface area contributed by atoms with E-state index < -0.39 is 0 Å². The molecule has 15 heavy (non-hydrogen) atoms. The highest BCUT2D eigenvalue weighted by atomic mass is 35.5. The Labute approximate surface area is 94.3 Å². The Morgan fingerprint density at radius 1 is 1.27 bits per heavy atom. The van der Waals surface area contributed by atoms with Gasteiger partial charge in [-0.05, 0) is 48.9 Å². The van der Waals surface area contributed by atoms with E-state index in [2.05, 4.69) is 6.07 Å². The van der Waals surface area contributed by atoms with Gasteiger partial charge in [-0.3, -0.25) is 0 Å². The molecule has 0 spiro atoms. The van der Waals surface area contributed by atoms with Crippen molar-refractivity contribution in [2.75, 3.05) is 0 Å². The van der Waals surface area contributed by atoms with Gasteiger partial charge in [0.15, 0.2) is 0 Å². The summed E-state index contributed by atoms with van der Waals surface area (Å²) in [6, 6.07) is 15.9. The third-order valence-corrected chi connectivity index (χ3v) is 2.28. The van der Waals surface area contributed by atoms with Crippen molar-refractivity contribution < 1.29 is 4.74 Å². The second kappa shape index (κ2) is 4.37. The van der Waals surface area contributed by atoms with Crippen molar-refractivity contribution in [1.82, 2.24) is 0 Å². The Bertz CT molecular complexity index is 466. The summed E-state index contributed by atoms with van der Waals surface area (Å²) in [5.41, 5.74) is 1.05. The first-order valence-corrected chi connectivity index (χ1v) is 5.03. The normalized spacial score (nSPS) is 10.0. The van der Waals surface area contributed by atoms with Crippen molar-refractivity contribution in [3.05, 3.63) is 59.1 Å². The lowest BCUT2D eigenvalue weighted by Crippen LogP contribution is -1.86. The van der Waals surface area contributed by atoms with Gasteiger partial charge in [-0.15, -0.1) is 0 Å². The van der Waals surface area contributed by atoms with Gasteiger partial charge in [0.2, 0.25) is 0 Å². The molecule has 0 amide bonds. The van der Waals surface area contributed by atoms with E-state index in [1.54, 1.807) is 6.07 Å². The van der Waals surface area contributed by atoms with Crippen LogP contribution < -0.4 is 4.74 Å². The zero-order chi connectivity index (χ0) is 10.7. The van der Waals surface area contributed by atoms with Crippen LogP contribution in [0.25, 0.3) is 0 Å². The van der Waals surface area contributed by atoms with Crippen molar-refractivity contribution >= 4 is 11.6 Å². The minimum atomic E-state index is 0.674. The van der Waals surface area contributed by atoms with Crippen molar-refractivity contribution in [2.45, 2.75) is 6.92 Å². The highest BCUT2D eigenvalue weighted by Crippen LogP contribution is 2.26. The van der Waals surface area contributed by atoms with E-state index in [-0.39, 0.29) is 0 Å². The molecule has 75 valence electrons. The van der Waals surface area contributed by atoms with E-state index in [1.807, 2.05) is 43.3 Å². The Morgan fingerprint density at radius 2 is 2.13 bits per heavy atom. The Balaban J connectivity index is 2.26. The SMILES string of the molecule is Cc1c[c]ccc1Oc1cccc(Cl)c1. The maximum Gasteiger partial charge on any atom is 0.130 e. The van der Waals surface area contributed by atoms with Crippen LogP contribution in [0, 0.1) is 13.0 Å². The summed E-state index contributed by atoms with van der Waals surface area (Å²) in [5.74, 6) is 1.58. The van der Waals surface area contributed by atoms with Crippen LogP contribution in [0.3, 0.4) is 0 Å². The van der Waals surface area contributed by atoms with Crippen LogP contribution in [-0.2, 0) is 0 Å². The number of hydrogen-bond donors (Lipinski definition) is 0. The third kappa shape index (κ3) is 2.51. The van der Waals surface area contributed by atoms with Gasteiger partial charge in [0.25, 0.3) is 0 Å². The van der Waals surface area contributed by atoms with Gasteiger partial charge < -0.3 is 4.74 Å². The summed E-state index contributed by atoms with van der Waals surface area (Å²) in [6.45, 7) is 1.98. The van der Waals surface area contributed by atoms with Gasteiger partial charge in [0.1, 0.15) is 11.5 Å². The maximum atomic E-state index is 5.86. The quantitative estimate of drug-likeness (QED) is 0.731. The number of benzene rings is 2. The summed E-state index contributed by atoms with van der Waals surface area (Å²) in [7, 11) is 0. The summed E-state index contributed by atoms with van der Waals surface area (Å²) in [4.78, 5) is 0. The lowest BCUT2D eigenvalue weighted by atomic mass is 10.2. The predicted octanol–water partition coefficient (Wildman–Crippen LogP) is 4.24. The molecular weight excluding hydrogens is 208 g/mol. The van der Waals surface area contributed by atoms with Crippen LogP contribution in [0.1, 0.15) is 5.56 Å². The van der Waals surface area contributed by atoms with Crippen LogP contribution in [0.15, 0.2) is 42.5 Å². The average molecular weight is 218 g/mol. The molecule has 0 N–H and O–H groups in total. The van der Waals surface area contributed by atoms with Crippen molar-refractivity contribution in [3.63, 3.8) is 0 Å². The van der Waals surface area contributed by atoms with E-state index >= 15 is 0 Å². The fourth-order valence-electron chi connectivity index (χ4n) is 1.27. The van der Waals surface area contributed by atoms with E-state index in [1.165, 1.54) is 0 Å². The van der Waals surface area contributed by atoms with Gasteiger partial charge in [0, 0.05) is 5.02 Å². The Hall–Kier alpha value is -1.47. The van der Waals surface area contributed by atoms with Crippen molar-refractivity contribution in [3.8, 4) is 11.5 Å². The molecule has 2 aromatic rings. The second-order valence-corrected chi connectivity index (χ2v) is 3.69. The molecule has 0 saturated heterocycles. The maximum absolute atomic E-state index is 5.86. The van der Waals surface area contributed by atoms with Gasteiger partial charge >= 0.3 is 0 Å². The smallest absolute Gasteiger partial charge is 0.130 e. The zero-order valence-corrected chi connectivity index (χ0v) is 9.08. The molecule has 2 heteroatoms. The molecule has 1 radical (unpaired) electrons. The minimum Gasteiger partial charge on any atom is -0.457 e. The van der Waals surface area contributed by atoms with Crippen LogP contribution in [0.2, 0.25) is 5.02 Å². The zero-order valence-electron chi connectivity index (χ0n) is 8.33. The first-order valence-electron chi connectivity index (χ1n) is 4.66. The van der Waals surface area contributed by atoms with E-state index in [4.69, 9.17) is 16.3 Å². The summed E-state index contributed by atoms with van der Waals surface area (Å²) in [5, 5.41) is 0.674. The number of ether oxygens (including phenoxy) is 1. The van der Waals surface area contributed by atoms with Crippen LogP contribution in [0.4, 0.5) is 0 Å². The molecule has 0 aromatic heterocycles. The summed E-state index contributed by atoms with van der Waals surface area (Å²) >= 11 is 5.86. The number of halogens is 1. The average Bonchev–Trinajstić information content (AvgIpc) is 2.22. The summed E-state index contributed by atoms with van der Waals surface area (Å²) in [6.07, 6.45) is 0. The second-order valence-electron chi connectivity index (χ2n) is 3.25. The lowest BCUT2D eigenvalue weighted by Gasteiger charge is -2.07. The molecule has 2 aromatic carbocycles. The molecule has 2 rings (SSSR count). The molecule has 1 nitrogen and oxygen atoms in total. The van der Waals surface area contributed by atoms with Crippen LogP contribution in [-0.4, -0.2) is 0 Å². The highest BCUT2D eigenvalue weighted by Gasteiger charge is 2.00. The molecule has 0 bridgehead atoms. The number of hydrogen-bond acceptors (Lipinski definition) is 1. The van der Waals surface area contributed by atoms with Crippen molar-refractivity contribution in [1.29, 1.82) is 0 Å². The fraction of sp³-hybridized carbons (Fsp3) is 0.0769. The molecule has 0 fully saturated rings. The Morgan fingerprint density at radius 3 is 2.87 bits per heavy atom. The molecule has 0 atom stereocenters. The minimum absolute atomic E-state index is 0.674. The predicted molar refractivity (Wildman–Crippen MR) is 61.5 cm³/mol. The standard InChI is InChI=1S/C13H10ClO/c1-10-5-2-3-8-13(10)15-12-7-4-6-11(14)9-12/h3-9H,1H3. The largest absolute Gasteiger partial charge is 0.457 e. The van der Waals surface area contributed by atoms with Crippen LogP contribution in [0.5, 0.6) is 11.5 Å². The molecule has 0 aliphatic rings. The monoisotopic (exact) mass is 217 g/mol. The first-order chi connectivity index (χ1) is 7.25. The van der Waals surface area contributed by atoms with Gasteiger partial charge in [0.05, 0.1) is 0 Å². The van der Waals surface area contributed by atoms with Gasteiger partial charge in [-0.25, -0.2) is 0 Å². The first kappa shape index (κ1) is 10.1. The molecule has 0 aliphatic carbocycles. The fourth-order valence-corrected chi connectivity index (χ4v) is 1.45.